The van der Waals surface area contributed by atoms with Crippen LogP contribution in [-0.2, 0) is 41.8 Å². The molecule has 0 aliphatic rings. The molecule has 16 heteroatoms. The van der Waals surface area contributed by atoms with Gasteiger partial charge in [0.15, 0.2) is 6.10 Å². The molecule has 0 rings (SSSR count). The first-order valence-corrected chi connectivity index (χ1v) is 24.4. The van der Waals surface area contributed by atoms with E-state index in [-0.39, 0.29) is 12.8 Å². The highest BCUT2D eigenvalue weighted by Crippen LogP contribution is 2.43. The van der Waals surface area contributed by atoms with Gasteiger partial charge >= 0.3 is 27.6 Å². The van der Waals surface area contributed by atoms with Crippen molar-refractivity contribution < 1.29 is 66.7 Å². The van der Waals surface area contributed by atoms with Gasteiger partial charge in [-0.05, 0) is 77.0 Å². The molecule has 0 aromatic rings. The van der Waals surface area contributed by atoms with E-state index < -0.39 is 72.3 Å². The highest BCUT2D eigenvalue weighted by molar-refractivity contribution is 7.47. The lowest BCUT2D eigenvalue weighted by atomic mass is 10.1. The molecule has 4 atom stereocenters. The Bertz CT molecular complexity index is 1400. The molecule has 0 saturated carbocycles. The molecule has 0 aromatic carbocycles. The zero-order chi connectivity index (χ0) is 44.6. The zero-order valence-electron chi connectivity index (χ0n) is 35.9. The number of carbonyl (C=O) groups is 2. The standard InChI is InChI=1S/C44H74O14P2/c1-3-5-7-9-11-13-15-17-18-20-22-24-26-28-30-34-44(48)58-42(39-57-60(52,53)56-37-41(46)36-55-59(49,50)51)38-54-43(47)35-31-33-40(45)32-29-27-25-23-21-19-16-14-12-10-8-6-4-2/h6,8,11-14,17-19,21,25,27,29,32,40-42,45-46H,3-5,7,9-10,15-16,20,22-24,26,28,30-31,33-39H2,1-2H3,(H,52,53)(H2,49,50,51)/b8-6-,13-11-,14-12-,18-17-,21-19-,27-25-,32-29+/t40?,41-,42+/m0/s1. The first kappa shape index (κ1) is 57.3. The van der Waals surface area contributed by atoms with Crippen molar-refractivity contribution in [3.63, 3.8) is 0 Å². The number of carbonyl (C=O) groups excluding carboxylic acids is 2. The van der Waals surface area contributed by atoms with Gasteiger partial charge in [0.1, 0.15) is 12.7 Å². The SMILES string of the molecule is CC/C=C\C/C=C\C/C=C\C/C=C\C=C\C(O)CCCC(=O)OC[C@H](COP(=O)(O)OC[C@@H](O)COP(=O)(O)O)OC(=O)CCCCCCC/C=C\C/C=C\CCCCC. The van der Waals surface area contributed by atoms with Gasteiger partial charge in [0.05, 0.1) is 25.9 Å². The molecule has 14 nitrogen and oxygen atoms in total. The number of hydrogen-bond donors (Lipinski definition) is 5. The highest BCUT2D eigenvalue weighted by atomic mass is 31.2. The van der Waals surface area contributed by atoms with Crippen LogP contribution in [0, 0.1) is 0 Å². The topological polar surface area (TPSA) is 216 Å². The summed E-state index contributed by atoms with van der Waals surface area (Å²) in [6, 6.07) is 0. The second-order valence-electron chi connectivity index (χ2n) is 14.1. The Labute approximate surface area is 359 Å². The van der Waals surface area contributed by atoms with E-state index >= 15 is 0 Å². The zero-order valence-corrected chi connectivity index (χ0v) is 37.7. The molecule has 0 aromatic heterocycles. The van der Waals surface area contributed by atoms with Crippen molar-refractivity contribution in [2.75, 3.05) is 26.4 Å². The van der Waals surface area contributed by atoms with E-state index in [9.17, 15) is 33.8 Å². The summed E-state index contributed by atoms with van der Waals surface area (Å²) < 4.78 is 47.6. The number of phosphoric ester groups is 2. The minimum absolute atomic E-state index is 0.0431. The summed E-state index contributed by atoms with van der Waals surface area (Å²) >= 11 is 0. The number of unbranched alkanes of at least 4 members (excludes halogenated alkanes) is 8. The number of hydrogen-bond acceptors (Lipinski definition) is 11. The second kappa shape index (κ2) is 39.1. The third-order valence-corrected chi connectivity index (χ3v) is 9.80. The highest BCUT2D eigenvalue weighted by Gasteiger charge is 2.28. The van der Waals surface area contributed by atoms with Crippen LogP contribution >= 0.6 is 15.6 Å². The first-order chi connectivity index (χ1) is 28.8. The van der Waals surface area contributed by atoms with Crippen molar-refractivity contribution in [3.05, 3.63) is 85.1 Å². The molecule has 0 heterocycles. The number of ether oxygens (including phenoxy) is 2. The van der Waals surface area contributed by atoms with Crippen molar-refractivity contribution in [2.45, 2.75) is 154 Å². The van der Waals surface area contributed by atoms with Gasteiger partial charge in [0, 0.05) is 12.8 Å². The van der Waals surface area contributed by atoms with Crippen LogP contribution in [0.25, 0.3) is 0 Å². The number of esters is 2. The predicted molar refractivity (Wildman–Crippen MR) is 236 cm³/mol. The number of allylic oxidation sites excluding steroid dienone is 13. The van der Waals surface area contributed by atoms with Gasteiger partial charge in [-0.2, -0.15) is 0 Å². The molecular weight excluding hydrogens is 814 g/mol. The quantitative estimate of drug-likeness (QED) is 0.0128. The molecule has 0 saturated heterocycles. The molecular formula is C44H74O14P2. The maximum atomic E-state index is 12.7. The van der Waals surface area contributed by atoms with Crippen molar-refractivity contribution in [2.24, 2.45) is 0 Å². The summed E-state index contributed by atoms with van der Waals surface area (Å²) in [5.41, 5.74) is 0. The number of rotatable bonds is 39. The van der Waals surface area contributed by atoms with Crippen LogP contribution in [0.4, 0.5) is 0 Å². The summed E-state index contributed by atoms with van der Waals surface area (Å²) in [5.74, 6) is -1.26. The summed E-state index contributed by atoms with van der Waals surface area (Å²) in [4.78, 5) is 52.7. The monoisotopic (exact) mass is 888 g/mol. The fourth-order valence-electron chi connectivity index (χ4n) is 5.11. The lowest BCUT2D eigenvalue weighted by Crippen LogP contribution is -2.30. The van der Waals surface area contributed by atoms with Gasteiger partial charge in [0.25, 0.3) is 0 Å². The Kier molecular flexibility index (Phi) is 37.3. The summed E-state index contributed by atoms with van der Waals surface area (Å²) in [5, 5.41) is 20.0. The van der Waals surface area contributed by atoms with Crippen molar-refractivity contribution in [3.8, 4) is 0 Å². The van der Waals surface area contributed by atoms with E-state index in [0.717, 1.165) is 70.6 Å². The lowest BCUT2D eigenvalue weighted by molar-refractivity contribution is -0.161. The van der Waals surface area contributed by atoms with Crippen molar-refractivity contribution in [1.29, 1.82) is 0 Å². The molecule has 344 valence electrons. The Morgan fingerprint density at radius 1 is 0.567 bits per heavy atom. The van der Waals surface area contributed by atoms with Crippen molar-refractivity contribution >= 4 is 27.6 Å². The molecule has 5 N–H and O–H groups in total. The van der Waals surface area contributed by atoms with Gasteiger partial charge in [-0.1, -0.05) is 131 Å². The van der Waals surface area contributed by atoms with E-state index in [4.69, 9.17) is 23.8 Å². The molecule has 0 bridgehead atoms. The fraction of sp³-hybridized carbons (Fsp3) is 0.636. The minimum Gasteiger partial charge on any atom is -0.462 e. The smallest absolute Gasteiger partial charge is 0.462 e. The minimum atomic E-state index is -4.89. The average molecular weight is 889 g/mol. The predicted octanol–water partition coefficient (Wildman–Crippen LogP) is 9.75. The average Bonchev–Trinajstić information content (AvgIpc) is 3.20. The summed E-state index contributed by atoms with van der Waals surface area (Å²) in [7, 11) is -9.75. The molecule has 60 heavy (non-hydrogen) atoms. The van der Waals surface area contributed by atoms with E-state index in [1.165, 1.54) is 19.3 Å². The largest absolute Gasteiger partial charge is 0.472 e. The van der Waals surface area contributed by atoms with Gasteiger partial charge in [-0.25, -0.2) is 9.13 Å². The van der Waals surface area contributed by atoms with Gasteiger partial charge in [-0.3, -0.25) is 23.2 Å². The molecule has 0 spiro atoms. The number of aliphatic hydroxyl groups excluding tert-OH is 2. The maximum absolute atomic E-state index is 12.7. The Balaban J connectivity index is 4.76. The molecule has 0 fully saturated rings. The maximum Gasteiger partial charge on any atom is 0.472 e. The van der Waals surface area contributed by atoms with Crippen LogP contribution in [0.2, 0.25) is 0 Å². The van der Waals surface area contributed by atoms with E-state index in [1.54, 1.807) is 12.2 Å². The normalized spacial score (nSPS) is 15.4. The Morgan fingerprint density at radius 3 is 1.73 bits per heavy atom. The third kappa shape index (κ3) is 42.0. The van der Waals surface area contributed by atoms with Crippen molar-refractivity contribution in [1.82, 2.24) is 0 Å². The van der Waals surface area contributed by atoms with E-state index in [0.29, 0.717) is 19.3 Å². The van der Waals surface area contributed by atoms with E-state index in [2.05, 4.69) is 83.7 Å². The van der Waals surface area contributed by atoms with Crippen LogP contribution in [0.1, 0.15) is 136 Å². The summed E-state index contributed by atoms with van der Waals surface area (Å²) in [6.45, 7) is 1.36. The molecule has 0 amide bonds. The van der Waals surface area contributed by atoms with Crippen LogP contribution in [0.5, 0.6) is 0 Å². The van der Waals surface area contributed by atoms with Gasteiger partial charge in [0.2, 0.25) is 0 Å². The van der Waals surface area contributed by atoms with Crippen LogP contribution in [0.15, 0.2) is 85.1 Å². The molecule has 0 radical (unpaired) electrons. The second-order valence-corrected chi connectivity index (χ2v) is 16.8. The Hall–Kier alpha value is -2.74. The number of phosphoric acid groups is 2. The van der Waals surface area contributed by atoms with Crippen LogP contribution < -0.4 is 0 Å². The summed E-state index contributed by atoms with van der Waals surface area (Å²) in [6.07, 6.45) is 40.3. The molecule has 0 aliphatic carbocycles. The first-order valence-electron chi connectivity index (χ1n) is 21.4. The third-order valence-electron chi connectivity index (χ3n) is 8.36. The molecule has 2 unspecified atom stereocenters. The van der Waals surface area contributed by atoms with E-state index in [1.807, 2.05) is 12.2 Å². The Morgan fingerprint density at radius 2 is 1.10 bits per heavy atom. The van der Waals surface area contributed by atoms with Gasteiger partial charge in [-0.15, -0.1) is 0 Å². The lowest BCUT2D eigenvalue weighted by Gasteiger charge is -2.20. The van der Waals surface area contributed by atoms with Crippen LogP contribution in [0.3, 0.4) is 0 Å². The number of aliphatic hydroxyl groups is 2. The fourth-order valence-corrected chi connectivity index (χ4v) is 6.27. The van der Waals surface area contributed by atoms with Gasteiger partial charge < -0.3 is 34.4 Å². The molecule has 0 aliphatic heterocycles. The van der Waals surface area contributed by atoms with Crippen LogP contribution in [-0.4, -0.2) is 81.6 Å².